The van der Waals surface area contributed by atoms with Gasteiger partial charge in [-0.1, -0.05) is 182 Å². The fraction of sp³-hybridized carbons (Fsp3) is 0. The third kappa shape index (κ3) is 5.51. The van der Waals surface area contributed by atoms with Crippen molar-refractivity contribution in [3.63, 3.8) is 0 Å². The van der Waals surface area contributed by atoms with Gasteiger partial charge in [-0.15, -0.1) is 0 Å². The van der Waals surface area contributed by atoms with E-state index in [1.54, 1.807) is 0 Å². The van der Waals surface area contributed by atoms with E-state index in [0.717, 1.165) is 11.4 Å². The van der Waals surface area contributed by atoms with Gasteiger partial charge in [-0.25, -0.2) is 0 Å². The number of fused-ring (bicyclic) bond motifs is 4. The zero-order chi connectivity index (χ0) is 37.7. The maximum Gasteiger partial charge on any atom is 0.252 e. The van der Waals surface area contributed by atoms with Crippen molar-refractivity contribution < 1.29 is 0 Å². The lowest BCUT2D eigenvalue weighted by Gasteiger charge is -2.46. The van der Waals surface area contributed by atoms with Crippen molar-refractivity contribution in [1.29, 1.82) is 0 Å². The molecule has 2 nitrogen and oxygen atoms in total. The summed E-state index contributed by atoms with van der Waals surface area (Å²) in [6, 6.07) is 82.0. The van der Waals surface area contributed by atoms with Gasteiger partial charge in [0, 0.05) is 33.9 Å². The number of hydrogen-bond donors (Lipinski definition) is 0. The standard InChI is InChI=1S/C54H37BN2/c1-6-18-38(19-7-1)40-30-33-45(34-31-40)57-51-35-32-43(39-20-8-2-9-21-39)36-49(51)55-48-28-16-17-29-50(48)56(44-26-14-5-15-27-44)53-46(41-22-10-3-11-23-41)37-47(54(57)52(53)55)42-24-12-4-13-25-42/h1-37H. The topological polar surface area (TPSA) is 6.48 Å². The lowest BCUT2D eigenvalue weighted by Crippen LogP contribution is -2.61. The molecule has 9 aromatic rings. The Morgan fingerprint density at radius 3 is 1.25 bits per heavy atom. The predicted molar refractivity (Wildman–Crippen MR) is 242 cm³/mol. The van der Waals surface area contributed by atoms with Crippen LogP contribution in [0.4, 0.5) is 34.1 Å². The fourth-order valence-corrected chi connectivity index (χ4v) is 9.12. The van der Waals surface area contributed by atoms with E-state index in [0.29, 0.717) is 0 Å². The minimum absolute atomic E-state index is 0.0317. The molecule has 0 atom stereocenters. The van der Waals surface area contributed by atoms with E-state index in [1.165, 1.54) is 83.6 Å². The average Bonchev–Trinajstić information content (AvgIpc) is 3.30. The van der Waals surface area contributed by atoms with Crippen LogP contribution in [0.25, 0.3) is 44.5 Å². The van der Waals surface area contributed by atoms with E-state index in [1.807, 2.05) is 0 Å². The molecule has 11 rings (SSSR count). The van der Waals surface area contributed by atoms with Gasteiger partial charge in [0.25, 0.3) is 6.71 Å². The summed E-state index contributed by atoms with van der Waals surface area (Å²) >= 11 is 0. The second kappa shape index (κ2) is 13.7. The second-order valence-electron chi connectivity index (χ2n) is 14.9. The van der Waals surface area contributed by atoms with Gasteiger partial charge in [0.1, 0.15) is 0 Å². The van der Waals surface area contributed by atoms with Crippen molar-refractivity contribution >= 4 is 57.2 Å². The first-order chi connectivity index (χ1) is 28.3. The number of hydrogen-bond acceptors (Lipinski definition) is 2. The van der Waals surface area contributed by atoms with Crippen LogP contribution in [0.1, 0.15) is 0 Å². The molecule has 0 spiro atoms. The molecule has 0 amide bonds. The van der Waals surface area contributed by atoms with E-state index < -0.39 is 0 Å². The highest BCUT2D eigenvalue weighted by atomic mass is 15.2. The number of rotatable bonds is 6. The normalized spacial score (nSPS) is 12.5. The summed E-state index contributed by atoms with van der Waals surface area (Å²) in [5, 5.41) is 0. The minimum Gasteiger partial charge on any atom is -0.311 e. The van der Waals surface area contributed by atoms with Gasteiger partial charge < -0.3 is 9.80 Å². The van der Waals surface area contributed by atoms with E-state index in [4.69, 9.17) is 0 Å². The Labute approximate surface area is 334 Å². The van der Waals surface area contributed by atoms with Crippen LogP contribution in [0.5, 0.6) is 0 Å². The van der Waals surface area contributed by atoms with Crippen LogP contribution >= 0.6 is 0 Å². The molecule has 2 heterocycles. The molecule has 0 bridgehead atoms. The molecule has 266 valence electrons. The number of anilines is 6. The van der Waals surface area contributed by atoms with Crippen LogP contribution in [0, 0.1) is 0 Å². The predicted octanol–water partition coefficient (Wildman–Crippen LogP) is 12.4. The lowest BCUT2D eigenvalue weighted by atomic mass is 9.33. The molecule has 0 saturated carbocycles. The summed E-state index contributed by atoms with van der Waals surface area (Å²) in [4.78, 5) is 5.06. The average molecular weight is 725 g/mol. The second-order valence-corrected chi connectivity index (χ2v) is 14.9. The molecule has 9 aromatic carbocycles. The molecule has 57 heavy (non-hydrogen) atoms. The van der Waals surface area contributed by atoms with Crippen molar-refractivity contribution in [2.45, 2.75) is 0 Å². The molecule has 0 aromatic heterocycles. The van der Waals surface area contributed by atoms with Crippen LogP contribution in [0.3, 0.4) is 0 Å². The van der Waals surface area contributed by atoms with E-state index in [-0.39, 0.29) is 6.71 Å². The Bertz CT molecular complexity index is 2880. The molecule has 0 unspecified atom stereocenters. The van der Waals surface area contributed by atoms with Gasteiger partial charge in [-0.05, 0) is 92.2 Å². The molecule has 0 saturated heterocycles. The van der Waals surface area contributed by atoms with Gasteiger partial charge in [-0.3, -0.25) is 0 Å². The number of nitrogens with zero attached hydrogens (tertiary/aromatic N) is 2. The fourth-order valence-electron chi connectivity index (χ4n) is 9.12. The highest BCUT2D eigenvalue weighted by Gasteiger charge is 2.45. The summed E-state index contributed by atoms with van der Waals surface area (Å²) in [5.41, 5.74) is 20.6. The Morgan fingerprint density at radius 1 is 0.281 bits per heavy atom. The Morgan fingerprint density at radius 2 is 0.684 bits per heavy atom. The molecular weight excluding hydrogens is 687 g/mol. The molecule has 0 radical (unpaired) electrons. The first kappa shape index (κ1) is 33.0. The molecule has 3 heteroatoms. The molecule has 2 aliphatic rings. The third-order valence-corrected chi connectivity index (χ3v) is 11.6. The summed E-state index contributed by atoms with van der Waals surface area (Å²) < 4.78 is 0. The smallest absolute Gasteiger partial charge is 0.252 e. The van der Waals surface area contributed by atoms with Gasteiger partial charge in [0.2, 0.25) is 0 Å². The van der Waals surface area contributed by atoms with Crippen LogP contribution in [-0.4, -0.2) is 6.71 Å². The zero-order valence-electron chi connectivity index (χ0n) is 31.3. The highest BCUT2D eigenvalue weighted by Crippen LogP contribution is 2.51. The molecule has 2 aliphatic heterocycles. The minimum atomic E-state index is -0.0317. The Kier molecular flexibility index (Phi) is 7.96. The summed E-state index contributed by atoms with van der Waals surface area (Å²) in [6.07, 6.45) is 0. The number of para-hydroxylation sites is 2. The Hall–Kier alpha value is -7.36. The van der Waals surface area contributed by atoms with Gasteiger partial charge in [0.05, 0.1) is 11.4 Å². The van der Waals surface area contributed by atoms with Crippen molar-refractivity contribution in [2.75, 3.05) is 9.80 Å². The first-order valence-corrected chi connectivity index (χ1v) is 19.7. The van der Waals surface area contributed by atoms with Crippen LogP contribution < -0.4 is 26.2 Å². The molecule has 0 aliphatic carbocycles. The number of benzene rings is 9. The quantitative estimate of drug-likeness (QED) is 0.158. The van der Waals surface area contributed by atoms with Gasteiger partial charge in [0.15, 0.2) is 0 Å². The van der Waals surface area contributed by atoms with E-state index in [2.05, 4.69) is 234 Å². The maximum absolute atomic E-state index is 2.54. The van der Waals surface area contributed by atoms with E-state index >= 15 is 0 Å². The van der Waals surface area contributed by atoms with E-state index in [9.17, 15) is 0 Å². The van der Waals surface area contributed by atoms with Crippen molar-refractivity contribution in [1.82, 2.24) is 0 Å². The molecule has 0 N–H and O–H groups in total. The maximum atomic E-state index is 2.54. The first-order valence-electron chi connectivity index (χ1n) is 19.7. The molecular formula is C54H37BN2. The Balaban J connectivity index is 1.29. The SMILES string of the molecule is c1ccc(-c2ccc(N3c4ccc(-c5ccccc5)cc4B4c5ccccc5N(c5ccccc5)c5c(-c6ccccc6)cc(-c6ccccc6)c3c54)cc2)cc1. The highest BCUT2D eigenvalue weighted by molar-refractivity contribution is 7.00. The zero-order valence-corrected chi connectivity index (χ0v) is 31.3. The van der Waals surface area contributed by atoms with Crippen LogP contribution in [0.2, 0.25) is 0 Å². The van der Waals surface area contributed by atoms with Crippen molar-refractivity contribution in [3.05, 3.63) is 224 Å². The summed E-state index contributed by atoms with van der Waals surface area (Å²) in [7, 11) is 0. The third-order valence-electron chi connectivity index (χ3n) is 11.6. The summed E-state index contributed by atoms with van der Waals surface area (Å²) in [6.45, 7) is -0.0317. The summed E-state index contributed by atoms with van der Waals surface area (Å²) in [5.74, 6) is 0. The molecule has 0 fully saturated rings. The van der Waals surface area contributed by atoms with Crippen LogP contribution in [0.15, 0.2) is 224 Å². The largest absolute Gasteiger partial charge is 0.311 e. The van der Waals surface area contributed by atoms with Gasteiger partial charge in [-0.2, -0.15) is 0 Å². The lowest BCUT2D eigenvalue weighted by molar-refractivity contribution is 1.25. The van der Waals surface area contributed by atoms with Crippen molar-refractivity contribution in [3.8, 4) is 44.5 Å². The monoisotopic (exact) mass is 724 g/mol. The van der Waals surface area contributed by atoms with Gasteiger partial charge >= 0.3 is 0 Å². The van der Waals surface area contributed by atoms with Crippen LogP contribution in [-0.2, 0) is 0 Å². The van der Waals surface area contributed by atoms with Crippen molar-refractivity contribution in [2.24, 2.45) is 0 Å².